The van der Waals surface area contributed by atoms with Gasteiger partial charge in [0.2, 0.25) is 5.88 Å². The van der Waals surface area contributed by atoms with Gasteiger partial charge in [0.15, 0.2) is 0 Å². The first-order chi connectivity index (χ1) is 15.5. The number of hydrogen-bond acceptors (Lipinski definition) is 5. The zero-order chi connectivity index (χ0) is 22.6. The van der Waals surface area contributed by atoms with E-state index in [9.17, 15) is 13.7 Å². The lowest BCUT2D eigenvalue weighted by Crippen LogP contribution is -2.13. The Balaban J connectivity index is 1.81. The van der Waals surface area contributed by atoms with Crippen LogP contribution in [0.3, 0.4) is 0 Å². The lowest BCUT2D eigenvalue weighted by molar-refractivity contribution is 0.340. The fraction of sp³-hybridized carbons (Fsp3) is 0.0800. The van der Waals surface area contributed by atoms with Crippen molar-refractivity contribution in [2.75, 3.05) is 11.3 Å². The van der Waals surface area contributed by atoms with Crippen LogP contribution in [0.2, 0.25) is 0 Å². The van der Waals surface area contributed by atoms with Crippen molar-refractivity contribution < 1.29 is 17.6 Å². The number of furan rings is 1. The third-order valence-corrected chi connectivity index (χ3v) is 6.14. The molecule has 4 aromatic rings. The van der Waals surface area contributed by atoms with Gasteiger partial charge in [0.05, 0.1) is 11.5 Å². The van der Waals surface area contributed by atoms with E-state index in [0.717, 1.165) is 11.1 Å². The highest BCUT2D eigenvalue weighted by Gasteiger charge is 2.26. The van der Waals surface area contributed by atoms with E-state index in [-0.39, 0.29) is 16.3 Å². The Kier molecular flexibility index (Phi) is 5.97. The Labute approximate surface area is 186 Å². The highest BCUT2D eigenvalue weighted by molar-refractivity contribution is 7.92. The Bertz CT molecular complexity index is 1360. The predicted molar refractivity (Wildman–Crippen MR) is 123 cm³/mol. The molecule has 0 aliphatic heterocycles. The van der Waals surface area contributed by atoms with Gasteiger partial charge in [0.25, 0.3) is 10.0 Å². The maximum absolute atomic E-state index is 13.0. The Morgan fingerprint density at radius 2 is 1.50 bits per heavy atom. The summed E-state index contributed by atoms with van der Waals surface area (Å²) in [4.78, 5) is 0.0313. The second-order valence-corrected chi connectivity index (χ2v) is 8.55. The van der Waals surface area contributed by atoms with E-state index in [0.29, 0.717) is 23.7 Å². The van der Waals surface area contributed by atoms with Gasteiger partial charge in [0.1, 0.15) is 23.1 Å². The summed E-state index contributed by atoms with van der Waals surface area (Å²) >= 11 is 0. The van der Waals surface area contributed by atoms with Crippen molar-refractivity contribution in [3.63, 3.8) is 0 Å². The quantitative estimate of drug-likeness (QED) is 0.396. The lowest BCUT2D eigenvalue weighted by Gasteiger charge is -2.07. The molecule has 0 bridgehead atoms. The minimum atomic E-state index is -4.00. The molecule has 0 spiro atoms. The van der Waals surface area contributed by atoms with Gasteiger partial charge in [-0.15, -0.1) is 0 Å². The molecule has 7 heteroatoms. The fourth-order valence-electron chi connectivity index (χ4n) is 3.35. The molecule has 0 atom stereocenters. The summed E-state index contributed by atoms with van der Waals surface area (Å²) in [5.74, 6) is 0.858. The van der Waals surface area contributed by atoms with Crippen LogP contribution in [0.1, 0.15) is 12.5 Å². The highest BCUT2D eigenvalue weighted by atomic mass is 32.2. The van der Waals surface area contributed by atoms with Crippen molar-refractivity contribution in [1.29, 1.82) is 5.26 Å². The molecule has 160 valence electrons. The van der Waals surface area contributed by atoms with Gasteiger partial charge in [-0.05, 0) is 36.8 Å². The number of nitrogens with zero attached hydrogens (tertiary/aromatic N) is 1. The third-order valence-electron chi connectivity index (χ3n) is 4.79. The Morgan fingerprint density at radius 3 is 2.06 bits per heavy atom. The standard InChI is InChI=1S/C25H20N2O4S/c1-2-30-20-13-15-21(16-14-20)32(28,29)27-25-22(17-26)23(18-9-5-3-6-10-18)24(31-25)19-11-7-4-8-12-19/h3-16,27H,2H2,1H3. The number of benzene rings is 3. The van der Waals surface area contributed by atoms with Crippen molar-refractivity contribution in [2.45, 2.75) is 11.8 Å². The van der Waals surface area contributed by atoms with Crippen molar-refractivity contribution >= 4 is 15.9 Å². The molecule has 0 radical (unpaired) electrons. The van der Waals surface area contributed by atoms with E-state index in [1.165, 1.54) is 12.1 Å². The largest absolute Gasteiger partial charge is 0.494 e. The number of nitrogens with one attached hydrogen (secondary N) is 1. The normalized spacial score (nSPS) is 11.0. The highest BCUT2D eigenvalue weighted by Crippen LogP contribution is 2.41. The van der Waals surface area contributed by atoms with Crippen LogP contribution in [0.4, 0.5) is 5.88 Å². The van der Waals surface area contributed by atoms with Crippen LogP contribution >= 0.6 is 0 Å². The topological polar surface area (TPSA) is 92.3 Å². The summed E-state index contributed by atoms with van der Waals surface area (Å²) in [6, 6.07) is 26.7. The summed E-state index contributed by atoms with van der Waals surface area (Å²) in [6.07, 6.45) is 0. The van der Waals surface area contributed by atoms with Crippen LogP contribution < -0.4 is 9.46 Å². The molecule has 0 fully saturated rings. The van der Waals surface area contributed by atoms with Crippen LogP contribution in [0.5, 0.6) is 5.75 Å². The number of anilines is 1. The first-order valence-corrected chi connectivity index (χ1v) is 11.4. The average molecular weight is 445 g/mol. The van der Waals surface area contributed by atoms with E-state index in [1.807, 2.05) is 67.6 Å². The summed E-state index contributed by atoms with van der Waals surface area (Å²) in [7, 11) is -4.00. The second-order valence-electron chi connectivity index (χ2n) is 6.86. The third kappa shape index (κ3) is 4.22. The maximum Gasteiger partial charge on any atom is 0.264 e. The van der Waals surface area contributed by atoms with Crippen molar-refractivity contribution in [2.24, 2.45) is 0 Å². The van der Waals surface area contributed by atoms with Crippen LogP contribution in [0, 0.1) is 11.3 Å². The zero-order valence-electron chi connectivity index (χ0n) is 17.3. The first-order valence-electron chi connectivity index (χ1n) is 9.97. The predicted octanol–water partition coefficient (Wildman–Crippen LogP) is 5.68. The number of ether oxygens (including phenoxy) is 1. The molecule has 4 rings (SSSR count). The molecule has 0 amide bonds. The van der Waals surface area contributed by atoms with Crippen LogP contribution in [-0.2, 0) is 10.0 Å². The summed E-state index contributed by atoms with van der Waals surface area (Å²) in [5, 5.41) is 9.92. The van der Waals surface area contributed by atoms with Gasteiger partial charge in [-0.25, -0.2) is 13.1 Å². The smallest absolute Gasteiger partial charge is 0.264 e. The van der Waals surface area contributed by atoms with E-state index in [1.54, 1.807) is 12.1 Å². The summed E-state index contributed by atoms with van der Waals surface area (Å²) in [6.45, 7) is 2.33. The van der Waals surface area contributed by atoms with Crippen molar-refractivity contribution in [3.8, 4) is 34.3 Å². The monoisotopic (exact) mass is 444 g/mol. The number of sulfonamides is 1. The molecule has 6 nitrogen and oxygen atoms in total. The first kappa shape index (κ1) is 21.2. The zero-order valence-corrected chi connectivity index (χ0v) is 18.1. The molecular weight excluding hydrogens is 424 g/mol. The van der Waals surface area contributed by atoms with Gasteiger partial charge in [-0.3, -0.25) is 0 Å². The molecule has 1 N–H and O–H groups in total. The number of hydrogen-bond donors (Lipinski definition) is 1. The van der Waals surface area contributed by atoms with E-state index >= 15 is 0 Å². The van der Waals surface area contributed by atoms with Gasteiger partial charge in [-0.2, -0.15) is 5.26 Å². The lowest BCUT2D eigenvalue weighted by atomic mass is 9.98. The molecule has 1 heterocycles. The summed E-state index contributed by atoms with van der Waals surface area (Å²) < 4.78 is 39.8. The molecule has 0 aliphatic carbocycles. The SMILES string of the molecule is CCOc1ccc(S(=O)(=O)Nc2oc(-c3ccccc3)c(-c3ccccc3)c2C#N)cc1. The summed E-state index contributed by atoms with van der Waals surface area (Å²) in [5.41, 5.74) is 2.13. The average Bonchev–Trinajstić information content (AvgIpc) is 3.18. The molecule has 1 aromatic heterocycles. The Hall–Kier alpha value is -4.02. The van der Waals surface area contributed by atoms with E-state index < -0.39 is 10.0 Å². The number of nitriles is 1. The minimum absolute atomic E-state index is 0.0313. The van der Waals surface area contributed by atoms with E-state index in [4.69, 9.17) is 9.15 Å². The van der Waals surface area contributed by atoms with Crippen LogP contribution in [0.25, 0.3) is 22.5 Å². The second kappa shape index (κ2) is 9.00. The Morgan fingerprint density at radius 1 is 0.906 bits per heavy atom. The fourth-order valence-corrected chi connectivity index (χ4v) is 4.35. The van der Waals surface area contributed by atoms with Crippen molar-refractivity contribution in [1.82, 2.24) is 0 Å². The van der Waals surface area contributed by atoms with Gasteiger partial charge in [0, 0.05) is 11.1 Å². The molecule has 0 aliphatic rings. The molecule has 32 heavy (non-hydrogen) atoms. The molecular formula is C25H20N2O4S. The number of rotatable bonds is 7. The molecule has 0 unspecified atom stereocenters. The van der Waals surface area contributed by atoms with Crippen LogP contribution in [0.15, 0.2) is 94.2 Å². The molecule has 0 saturated carbocycles. The molecule has 3 aromatic carbocycles. The van der Waals surface area contributed by atoms with Gasteiger partial charge >= 0.3 is 0 Å². The maximum atomic E-state index is 13.0. The van der Waals surface area contributed by atoms with Crippen LogP contribution in [-0.4, -0.2) is 15.0 Å². The van der Waals surface area contributed by atoms with Gasteiger partial charge < -0.3 is 9.15 Å². The van der Waals surface area contributed by atoms with E-state index in [2.05, 4.69) is 10.8 Å². The molecule has 0 saturated heterocycles. The minimum Gasteiger partial charge on any atom is -0.494 e. The van der Waals surface area contributed by atoms with Gasteiger partial charge in [-0.1, -0.05) is 60.7 Å². The van der Waals surface area contributed by atoms with Crippen molar-refractivity contribution in [3.05, 3.63) is 90.5 Å².